The van der Waals surface area contributed by atoms with Gasteiger partial charge in [-0.25, -0.2) is 0 Å². The van der Waals surface area contributed by atoms with Gasteiger partial charge < -0.3 is 9.64 Å². The molecule has 90 valence electrons. The van der Waals surface area contributed by atoms with Crippen LogP contribution in [0, 0.1) is 17.8 Å². The molecule has 0 radical (unpaired) electrons. The molecular weight excluding hydrogens is 227 g/mol. The molecule has 2 atom stereocenters. The Bertz CT molecular complexity index is 329. The zero-order chi connectivity index (χ0) is 12.1. The number of hydrogen-bond donors (Lipinski definition) is 0. The summed E-state index contributed by atoms with van der Waals surface area (Å²) in [6.07, 6.45) is -4.82. The second-order valence-electron chi connectivity index (χ2n) is 4.08. The molecular formula is C9H10F3NO3. The van der Waals surface area contributed by atoms with Crippen LogP contribution in [0.1, 0.15) is 0 Å². The van der Waals surface area contributed by atoms with Crippen molar-refractivity contribution < 1.29 is 27.5 Å². The Morgan fingerprint density at radius 2 is 1.75 bits per heavy atom. The third kappa shape index (κ3) is 1.64. The molecule has 0 bridgehead atoms. The minimum absolute atomic E-state index is 0.00275. The second kappa shape index (κ2) is 3.36. The lowest BCUT2D eigenvalue weighted by atomic mass is 10.2. The first kappa shape index (κ1) is 11.2. The average molecular weight is 237 g/mol. The Balaban J connectivity index is 1.91. The van der Waals surface area contributed by atoms with E-state index in [1.165, 1.54) is 7.11 Å². The van der Waals surface area contributed by atoms with E-state index in [0.717, 1.165) is 4.90 Å². The van der Waals surface area contributed by atoms with Crippen LogP contribution in [-0.4, -0.2) is 43.2 Å². The summed E-state index contributed by atoms with van der Waals surface area (Å²) < 4.78 is 40.8. The molecule has 1 heterocycles. The summed E-state index contributed by atoms with van der Waals surface area (Å²) in [4.78, 5) is 22.7. The highest BCUT2D eigenvalue weighted by molar-refractivity contribution is 5.83. The summed E-state index contributed by atoms with van der Waals surface area (Å²) in [5, 5.41) is 0. The molecule has 16 heavy (non-hydrogen) atoms. The first-order chi connectivity index (χ1) is 7.36. The zero-order valence-corrected chi connectivity index (χ0v) is 8.45. The van der Waals surface area contributed by atoms with E-state index >= 15 is 0 Å². The van der Waals surface area contributed by atoms with E-state index in [2.05, 4.69) is 4.74 Å². The van der Waals surface area contributed by atoms with Gasteiger partial charge in [-0.05, 0) is 11.8 Å². The molecule has 1 aliphatic carbocycles. The Morgan fingerprint density at radius 1 is 1.25 bits per heavy atom. The molecule has 1 saturated heterocycles. The number of carbonyl (C=O) groups is 2. The van der Waals surface area contributed by atoms with Crippen LogP contribution in [0.3, 0.4) is 0 Å². The average Bonchev–Trinajstić information content (AvgIpc) is 2.69. The quantitative estimate of drug-likeness (QED) is 0.621. The SMILES string of the molecule is COC(=O)C1C2CN(C(=O)C(F)(F)F)CC21. The van der Waals surface area contributed by atoms with Gasteiger partial charge in [-0.15, -0.1) is 0 Å². The first-order valence-electron chi connectivity index (χ1n) is 4.80. The number of methoxy groups -OCH3 is 1. The Hall–Kier alpha value is -1.27. The van der Waals surface area contributed by atoms with Crippen molar-refractivity contribution in [2.24, 2.45) is 17.8 Å². The molecule has 0 N–H and O–H groups in total. The van der Waals surface area contributed by atoms with Crippen LogP contribution in [0.15, 0.2) is 0 Å². The monoisotopic (exact) mass is 237 g/mol. The van der Waals surface area contributed by atoms with E-state index in [-0.39, 0.29) is 30.8 Å². The Morgan fingerprint density at radius 3 is 2.12 bits per heavy atom. The molecule has 0 aromatic carbocycles. The number of carbonyl (C=O) groups excluding carboxylic acids is 2. The van der Waals surface area contributed by atoms with Gasteiger partial charge >= 0.3 is 18.1 Å². The fraction of sp³-hybridized carbons (Fsp3) is 0.778. The molecule has 0 aromatic rings. The maximum Gasteiger partial charge on any atom is 0.471 e. The summed E-state index contributed by atoms with van der Waals surface area (Å²) >= 11 is 0. The van der Waals surface area contributed by atoms with Gasteiger partial charge in [0.05, 0.1) is 13.0 Å². The summed E-state index contributed by atoms with van der Waals surface area (Å²) in [5.41, 5.74) is 0. The maximum absolute atomic E-state index is 12.1. The maximum atomic E-state index is 12.1. The number of nitrogens with zero attached hydrogens (tertiary/aromatic N) is 1. The van der Waals surface area contributed by atoms with Crippen LogP contribution in [0.25, 0.3) is 0 Å². The number of halogens is 3. The van der Waals surface area contributed by atoms with E-state index in [4.69, 9.17) is 0 Å². The van der Waals surface area contributed by atoms with Crippen LogP contribution in [0.4, 0.5) is 13.2 Å². The third-order valence-corrected chi connectivity index (χ3v) is 3.20. The Kier molecular flexibility index (Phi) is 2.36. The van der Waals surface area contributed by atoms with E-state index < -0.39 is 18.1 Å². The first-order valence-corrected chi connectivity index (χ1v) is 4.80. The minimum atomic E-state index is -4.82. The van der Waals surface area contributed by atoms with Crippen molar-refractivity contribution in [3.05, 3.63) is 0 Å². The van der Waals surface area contributed by atoms with E-state index in [0.29, 0.717) is 0 Å². The molecule has 1 saturated carbocycles. The number of amides is 1. The predicted octanol–water partition coefficient (Wildman–Crippen LogP) is 0.426. The molecule has 2 aliphatic rings. The van der Waals surface area contributed by atoms with Crippen molar-refractivity contribution in [3.63, 3.8) is 0 Å². The van der Waals surface area contributed by atoms with Crippen LogP contribution in [0.5, 0.6) is 0 Å². The number of fused-ring (bicyclic) bond motifs is 1. The highest BCUT2D eigenvalue weighted by atomic mass is 19.4. The summed E-state index contributed by atoms with van der Waals surface area (Å²) in [7, 11) is 1.25. The van der Waals surface area contributed by atoms with Gasteiger partial charge in [-0.3, -0.25) is 9.59 Å². The topological polar surface area (TPSA) is 46.6 Å². The number of hydrogen-bond acceptors (Lipinski definition) is 3. The number of esters is 1. The van der Waals surface area contributed by atoms with Crippen LogP contribution >= 0.6 is 0 Å². The smallest absolute Gasteiger partial charge is 0.469 e. The van der Waals surface area contributed by atoms with Crippen molar-refractivity contribution in [1.29, 1.82) is 0 Å². The minimum Gasteiger partial charge on any atom is -0.469 e. The number of piperidine rings is 1. The molecule has 1 amide bonds. The molecule has 4 nitrogen and oxygen atoms in total. The molecule has 2 rings (SSSR count). The lowest BCUT2D eigenvalue weighted by molar-refractivity contribution is -0.185. The van der Waals surface area contributed by atoms with Gasteiger partial charge in [-0.1, -0.05) is 0 Å². The van der Waals surface area contributed by atoms with E-state index in [9.17, 15) is 22.8 Å². The van der Waals surface area contributed by atoms with Gasteiger partial charge in [0.2, 0.25) is 0 Å². The lowest BCUT2D eigenvalue weighted by Gasteiger charge is -2.20. The van der Waals surface area contributed by atoms with Crippen molar-refractivity contribution in [2.45, 2.75) is 6.18 Å². The van der Waals surface area contributed by atoms with E-state index in [1.807, 2.05) is 0 Å². The van der Waals surface area contributed by atoms with Crippen molar-refractivity contribution in [2.75, 3.05) is 20.2 Å². The third-order valence-electron chi connectivity index (χ3n) is 3.20. The van der Waals surface area contributed by atoms with Gasteiger partial charge in [-0.2, -0.15) is 13.2 Å². The number of alkyl halides is 3. The normalized spacial score (nSPS) is 32.2. The number of likely N-dealkylation sites (tertiary alicyclic amines) is 1. The highest BCUT2D eigenvalue weighted by Gasteiger charge is 2.62. The molecule has 7 heteroatoms. The zero-order valence-electron chi connectivity index (χ0n) is 8.45. The molecule has 0 spiro atoms. The van der Waals surface area contributed by atoms with Gasteiger partial charge in [0, 0.05) is 13.1 Å². The summed E-state index contributed by atoms with van der Waals surface area (Å²) in [6.45, 7) is 0.00551. The lowest BCUT2D eigenvalue weighted by Crippen LogP contribution is -2.41. The fourth-order valence-corrected chi connectivity index (χ4v) is 2.36. The predicted molar refractivity (Wildman–Crippen MR) is 45.1 cm³/mol. The highest BCUT2D eigenvalue weighted by Crippen LogP contribution is 2.52. The van der Waals surface area contributed by atoms with Gasteiger partial charge in [0.15, 0.2) is 0 Å². The van der Waals surface area contributed by atoms with Crippen molar-refractivity contribution in [1.82, 2.24) is 4.90 Å². The fourth-order valence-electron chi connectivity index (χ4n) is 2.36. The molecule has 2 unspecified atom stereocenters. The standard InChI is InChI=1S/C9H10F3NO3/c1-16-7(14)6-4-2-13(3-5(4)6)8(15)9(10,11)12/h4-6H,2-3H2,1H3. The van der Waals surface area contributed by atoms with Gasteiger partial charge in [0.1, 0.15) is 0 Å². The van der Waals surface area contributed by atoms with Gasteiger partial charge in [0.25, 0.3) is 0 Å². The van der Waals surface area contributed by atoms with E-state index in [1.54, 1.807) is 0 Å². The molecule has 1 aliphatic heterocycles. The summed E-state index contributed by atoms with van der Waals surface area (Å²) in [6, 6.07) is 0. The second-order valence-corrected chi connectivity index (χ2v) is 4.08. The molecule has 0 aromatic heterocycles. The Labute approximate surface area is 89.3 Å². The summed E-state index contributed by atoms with van der Waals surface area (Å²) in [5.74, 6) is -2.84. The largest absolute Gasteiger partial charge is 0.471 e. The number of rotatable bonds is 1. The van der Waals surface area contributed by atoms with Crippen LogP contribution in [-0.2, 0) is 14.3 Å². The number of ether oxygens (including phenoxy) is 1. The molecule has 2 fully saturated rings. The van der Waals surface area contributed by atoms with Crippen molar-refractivity contribution >= 4 is 11.9 Å². The van der Waals surface area contributed by atoms with Crippen LogP contribution in [0.2, 0.25) is 0 Å². The van der Waals surface area contributed by atoms with Crippen molar-refractivity contribution in [3.8, 4) is 0 Å². The van der Waals surface area contributed by atoms with Crippen LogP contribution < -0.4 is 0 Å².